The molecule has 0 fully saturated rings. The van der Waals surface area contributed by atoms with Gasteiger partial charge in [0.15, 0.2) is 0 Å². The largest absolute Gasteiger partial charge is 0.506 e. The van der Waals surface area contributed by atoms with Crippen molar-refractivity contribution in [3.63, 3.8) is 0 Å². The second-order valence-corrected chi connectivity index (χ2v) is 2.77. The fourth-order valence-corrected chi connectivity index (χ4v) is 1.36. The van der Waals surface area contributed by atoms with Gasteiger partial charge in [-0.2, -0.15) is 5.11 Å². The van der Waals surface area contributed by atoms with E-state index in [-0.39, 0.29) is 5.75 Å². The molecule has 0 unspecified atom stereocenters. The molecule has 64 valence electrons. The highest BCUT2D eigenvalue weighted by molar-refractivity contribution is 5.94. The Morgan fingerprint density at radius 2 is 1.85 bits per heavy atom. The summed E-state index contributed by atoms with van der Waals surface area (Å²) in [7, 11) is 0. The minimum atomic E-state index is 0.0497. The van der Waals surface area contributed by atoms with E-state index in [0.717, 1.165) is 10.8 Å². The Morgan fingerprint density at radius 1 is 1.08 bits per heavy atom. The summed E-state index contributed by atoms with van der Waals surface area (Å²) >= 11 is 0. The molecule has 2 aromatic carbocycles. The normalized spacial score (nSPS) is 10.2. The molecule has 2 aromatic rings. The van der Waals surface area contributed by atoms with Gasteiger partial charge in [-0.1, -0.05) is 30.3 Å². The molecule has 2 N–H and O–H groups in total. The number of hydrogen-bond donors (Lipinski definition) is 2. The molecule has 0 aliphatic rings. The van der Waals surface area contributed by atoms with Crippen molar-refractivity contribution in [2.75, 3.05) is 0 Å². The van der Waals surface area contributed by atoms with Crippen LogP contribution in [0.1, 0.15) is 0 Å². The molecule has 0 bridgehead atoms. The van der Waals surface area contributed by atoms with E-state index in [0.29, 0.717) is 5.69 Å². The highest BCUT2D eigenvalue weighted by Crippen LogP contribution is 2.34. The Bertz CT molecular complexity index is 465. The van der Waals surface area contributed by atoms with E-state index in [4.69, 9.17) is 5.53 Å². The van der Waals surface area contributed by atoms with Crippen molar-refractivity contribution in [3.05, 3.63) is 36.4 Å². The highest BCUT2D eigenvalue weighted by Gasteiger charge is 2.03. The Kier molecular flexibility index (Phi) is 1.70. The zero-order valence-electron chi connectivity index (χ0n) is 6.86. The minimum absolute atomic E-state index is 0.0497. The summed E-state index contributed by atoms with van der Waals surface area (Å²) in [6.45, 7) is 0. The Morgan fingerprint density at radius 3 is 2.62 bits per heavy atom. The van der Waals surface area contributed by atoms with Crippen molar-refractivity contribution in [1.29, 1.82) is 5.53 Å². The molecule has 2 rings (SSSR count). The van der Waals surface area contributed by atoms with Gasteiger partial charge in [-0.3, -0.25) is 0 Å². The van der Waals surface area contributed by atoms with E-state index in [2.05, 4.69) is 5.11 Å². The minimum Gasteiger partial charge on any atom is -0.506 e. The first-order chi connectivity index (χ1) is 6.33. The number of benzene rings is 2. The maximum atomic E-state index is 9.39. The fourth-order valence-electron chi connectivity index (χ4n) is 1.36. The van der Waals surface area contributed by atoms with Crippen LogP contribution in [0, 0.1) is 5.53 Å². The molecule has 13 heavy (non-hydrogen) atoms. The van der Waals surface area contributed by atoms with E-state index in [1.807, 2.05) is 24.3 Å². The van der Waals surface area contributed by atoms with Crippen LogP contribution in [0.3, 0.4) is 0 Å². The van der Waals surface area contributed by atoms with E-state index < -0.39 is 0 Å². The second-order valence-electron chi connectivity index (χ2n) is 2.77. The Labute approximate surface area is 75.1 Å². The molecular weight excluding hydrogens is 164 g/mol. The van der Waals surface area contributed by atoms with Crippen LogP contribution in [0.2, 0.25) is 0 Å². The SMILES string of the molecule is N=Nc1c(O)ccc2ccccc12. The Hall–Kier alpha value is -1.90. The van der Waals surface area contributed by atoms with Gasteiger partial charge in [-0.15, -0.1) is 0 Å². The quantitative estimate of drug-likeness (QED) is 0.637. The highest BCUT2D eigenvalue weighted by atomic mass is 16.3. The second kappa shape index (κ2) is 2.86. The third kappa shape index (κ3) is 1.14. The van der Waals surface area contributed by atoms with Crippen molar-refractivity contribution in [2.45, 2.75) is 0 Å². The summed E-state index contributed by atoms with van der Waals surface area (Å²) in [5.41, 5.74) is 7.26. The Balaban J connectivity index is 2.91. The smallest absolute Gasteiger partial charge is 0.143 e. The monoisotopic (exact) mass is 172 g/mol. The van der Waals surface area contributed by atoms with Crippen LogP contribution < -0.4 is 0 Å². The van der Waals surface area contributed by atoms with E-state index >= 15 is 0 Å². The third-order valence-corrected chi connectivity index (χ3v) is 1.99. The molecule has 0 spiro atoms. The van der Waals surface area contributed by atoms with Crippen molar-refractivity contribution in [2.24, 2.45) is 5.11 Å². The molecule has 0 aliphatic carbocycles. The maximum Gasteiger partial charge on any atom is 0.143 e. The van der Waals surface area contributed by atoms with Crippen LogP contribution in [-0.4, -0.2) is 5.11 Å². The van der Waals surface area contributed by atoms with Gasteiger partial charge in [0.1, 0.15) is 11.4 Å². The molecule has 3 heteroatoms. The summed E-state index contributed by atoms with van der Waals surface area (Å²) in [5.74, 6) is 0.0497. The topological polar surface area (TPSA) is 56.4 Å². The molecule has 3 nitrogen and oxygen atoms in total. The van der Waals surface area contributed by atoms with Gasteiger partial charge < -0.3 is 5.11 Å². The first kappa shape index (κ1) is 7.73. The van der Waals surface area contributed by atoms with Crippen LogP contribution >= 0.6 is 0 Å². The first-order valence-corrected chi connectivity index (χ1v) is 3.91. The lowest BCUT2D eigenvalue weighted by Gasteiger charge is -2.01. The zero-order chi connectivity index (χ0) is 9.26. The first-order valence-electron chi connectivity index (χ1n) is 3.91. The maximum absolute atomic E-state index is 9.39. The number of rotatable bonds is 1. The van der Waals surface area contributed by atoms with Gasteiger partial charge >= 0.3 is 0 Å². The van der Waals surface area contributed by atoms with Crippen molar-refractivity contribution < 1.29 is 5.11 Å². The predicted octanol–water partition coefficient (Wildman–Crippen LogP) is 3.21. The number of phenolic OH excluding ortho intramolecular Hbond substituents is 1. The average Bonchev–Trinajstić information content (AvgIpc) is 2.18. The fraction of sp³-hybridized carbons (Fsp3) is 0. The lowest BCUT2D eigenvalue weighted by Crippen LogP contribution is -1.73. The summed E-state index contributed by atoms with van der Waals surface area (Å²) in [4.78, 5) is 0. The van der Waals surface area contributed by atoms with Crippen LogP contribution in [0.25, 0.3) is 10.8 Å². The molecule has 0 saturated carbocycles. The van der Waals surface area contributed by atoms with Gasteiger partial charge in [0.25, 0.3) is 0 Å². The van der Waals surface area contributed by atoms with Crippen LogP contribution in [0.5, 0.6) is 5.75 Å². The van der Waals surface area contributed by atoms with E-state index in [9.17, 15) is 5.11 Å². The van der Waals surface area contributed by atoms with Crippen LogP contribution in [-0.2, 0) is 0 Å². The summed E-state index contributed by atoms with van der Waals surface area (Å²) in [6.07, 6.45) is 0. The molecule has 0 saturated heterocycles. The van der Waals surface area contributed by atoms with Gasteiger partial charge in [-0.25, -0.2) is 5.53 Å². The number of fused-ring (bicyclic) bond motifs is 1. The summed E-state index contributed by atoms with van der Waals surface area (Å²) in [5, 5.41) is 14.5. The standard InChI is InChI=1S/C10H8N2O/c11-12-10-8-4-2-1-3-7(8)5-6-9(10)13/h1-6,11,13H. The van der Waals surface area contributed by atoms with E-state index in [1.54, 1.807) is 12.1 Å². The van der Waals surface area contributed by atoms with Crippen LogP contribution in [0.15, 0.2) is 41.5 Å². The van der Waals surface area contributed by atoms with Gasteiger partial charge in [0.05, 0.1) is 0 Å². The molecule has 0 atom stereocenters. The number of aromatic hydroxyl groups is 1. The number of nitrogens with one attached hydrogen (secondary N) is 1. The third-order valence-electron chi connectivity index (χ3n) is 1.99. The number of hydrogen-bond acceptors (Lipinski definition) is 3. The van der Waals surface area contributed by atoms with Gasteiger partial charge in [-0.05, 0) is 11.5 Å². The summed E-state index contributed by atoms with van der Waals surface area (Å²) in [6, 6.07) is 10.9. The molecule has 0 heterocycles. The molecule has 0 aliphatic heterocycles. The molecule has 0 amide bonds. The molecule has 0 aromatic heterocycles. The van der Waals surface area contributed by atoms with E-state index in [1.165, 1.54) is 0 Å². The van der Waals surface area contributed by atoms with Crippen molar-refractivity contribution in [3.8, 4) is 5.75 Å². The van der Waals surface area contributed by atoms with Gasteiger partial charge in [0.2, 0.25) is 0 Å². The predicted molar refractivity (Wildman–Crippen MR) is 50.4 cm³/mol. The molecule has 0 radical (unpaired) electrons. The zero-order valence-corrected chi connectivity index (χ0v) is 6.86. The van der Waals surface area contributed by atoms with Crippen molar-refractivity contribution >= 4 is 16.5 Å². The van der Waals surface area contributed by atoms with Crippen molar-refractivity contribution in [1.82, 2.24) is 0 Å². The van der Waals surface area contributed by atoms with Crippen LogP contribution in [0.4, 0.5) is 5.69 Å². The number of nitrogens with zero attached hydrogens (tertiary/aromatic N) is 1. The molecular formula is C10H8N2O. The lowest BCUT2D eigenvalue weighted by molar-refractivity contribution is 0.477. The number of phenols is 1. The van der Waals surface area contributed by atoms with Gasteiger partial charge in [0, 0.05) is 5.39 Å². The summed E-state index contributed by atoms with van der Waals surface area (Å²) < 4.78 is 0. The average molecular weight is 172 g/mol. The lowest BCUT2D eigenvalue weighted by atomic mass is 10.1.